The molecule has 0 saturated heterocycles. The van der Waals surface area contributed by atoms with Crippen LogP contribution in [0.5, 0.6) is 5.75 Å². The van der Waals surface area contributed by atoms with Crippen LogP contribution in [0.25, 0.3) is 0 Å². The van der Waals surface area contributed by atoms with Gasteiger partial charge in [0.1, 0.15) is 0 Å². The SMILES string of the molecule is COc1cccc(C2(N)CC(C)CCC2C(C)C)c1F. The van der Waals surface area contributed by atoms with Gasteiger partial charge in [-0.2, -0.15) is 0 Å². The molecule has 3 atom stereocenters. The minimum Gasteiger partial charge on any atom is -0.494 e. The first-order valence-corrected chi connectivity index (χ1v) is 7.52. The molecule has 2 rings (SSSR count). The molecule has 0 heterocycles. The molecular weight excluding hydrogens is 253 g/mol. The number of halogens is 1. The molecule has 1 saturated carbocycles. The lowest BCUT2D eigenvalue weighted by Gasteiger charge is -2.46. The van der Waals surface area contributed by atoms with Crippen molar-refractivity contribution in [3.8, 4) is 5.75 Å². The highest BCUT2D eigenvalue weighted by Crippen LogP contribution is 2.47. The maximum atomic E-state index is 14.7. The van der Waals surface area contributed by atoms with Crippen molar-refractivity contribution in [3.05, 3.63) is 29.6 Å². The van der Waals surface area contributed by atoms with E-state index in [4.69, 9.17) is 10.5 Å². The highest BCUT2D eigenvalue weighted by atomic mass is 19.1. The van der Waals surface area contributed by atoms with E-state index in [2.05, 4.69) is 20.8 Å². The third-order valence-corrected chi connectivity index (χ3v) is 4.81. The summed E-state index contributed by atoms with van der Waals surface area (Å²) in [5.41, 5.74) is 6.77. The van der Waals surface area contributed by atoms with Crippen LogP contribution < -0.4 is 10.5 Å². The van der Waals surface area contributed by atoms with Crippen molar-refractivity contribution in [3.63, 3.8) is 0 Å². The maximum absolute atomic E-state index is 14.7. The van der Waals surface area contributed by atoms with Crippen LogP contribution in [-0.4, -0.2) is 7.11 Å². The minimum atomic E-state index is -0.593. The standard InChI is InChI=1S/C17H26FNO/c1-11(2)13-9-8-12(3)10-17(13,19)14-6-5-7-15(20-4)16(14)18/h5-7,11-13H,8-10,19H2,1-4H3. The summed E-state index contributed by atoms with van der Waals surface area (Å²) >= 11 is 0. The van der Waals surface area contributed by atoms with Gasteiger partial charge in [-0.1, -0.05) is 39.3 Å². The van der Waals surface area contributed by atoms with Gasteiger partial charge in [-0.25, -0.2) is 4.39 Å². The molecule has 1 aliphatic carbocycles. The summed E-state index contributed by atoms with van der Waals surface area (Å²) < 4.78 is 19.8. The van der Waals surface area contributed by atoms with Crippen LogP contribution in [0.1, 0.15) is 45.6 Å². The first kappa shape index (κ1) is 15.3. The van der Waals surface area contributed by atoms with Crippen molar-refractivity contribution in [2.45, 2.75) is 45.6 Å². The maximum Gasteiger partial charge on any atom is 0.170 e. The van der Waals surface area contributed by atoms with E-state index >= 15 is 0 Å². The third-order valence-electron chi connectivity index (χ3n) is 4.81. The molecular formula is C17H26FNO. The Morgan fingerprint density at radius 2 is 2.05 bits per heavy atom. The van der Waals surface area contributed by atoms with Gasteiger partial charge in [-0.05, 0) is 36.7 Å². The smallest absolute Gasteiger partial charge is 0.170 e. The van der Waals surface area contributed by atoms with Crippen LogP contribution in [0.4, 0.5) is 4.39 Å². The molecule has 2 N–H and O–H groups in total. The van der Waals surface area contributed by atoms with Crippen molar-refractivity contribution < 1.29 is 9.13 Å². The largest absolute Gasteiger partial charge is 0.494 e. The van der Waals surface area contributed by atoms with E-state index in [-0.39, 0.29) is 11.6 Å². The summed E-state index contributed by atoms with van der Waals surface area (Å²) in [6, 6.07) is 5.31. The van der Waals surface area contributed by atoms with Crippen LogP contribution in [-0.2, 0) is 5.54 Å². The Bertz CT molecular complexity index is 474. The average molecular weight is 279 g/mol. The Morgan fingerprint density at radius 3 is 2.65 bits per heavy atom. The quantitative estimate of drug-likeness (QED) is 0.904. The van der Waals surface area contributed by atoms with Gasteiger partial charge < -0.3 is 10.5 Å². The average Bonchev–Trinajstić information content (AvgIpc) is 2.38. The molecule has 112 valence electrons. The lowest BCUT2D eigenvalue weighted by atomic mass is 9.62. The van der Waals surface area contributed by atoms with Gasteiger partial charge in [-0.15, -0.1) is 0 Å². The summed E-state index contributed by atoms with van der Waals surface area (Å²) in [5, 5.41) is 0. The van der Waals surface area contributed by atoms with Gasteiger partial charge in [-0.3, -0.25) is 0 Å². The summed E-state index contributed by atoms with van der Waals surface area (Å²) in [6.07, 6.45) is 3.07. The van der Waals surface area contributed by atoms with Gasteiger partial charge in [0.05, 0.1) is 7.11 Å². The van der Waals surface area contributed by atoms with Gasteiger partial charge >= 0.3 is 0 Å². The van der Waals surface area contributed by atoms with Gasteiger partial charge in [0, 0.05) is 11.1 Å². The normalized spacial score (nSPS) is 30.6. The van der Waals surface area contributed by atoms with E-state index in [0.29, 0.717) is 23.3 Å². The van der Waals surface area contributed by atoms with E-state index in [1.54, 1.807) is 6.07 Å². The number of rotatable bonds is 3. The molecule has 0 radical (unpaired) electrons. The number of methoxy groups -OCH3 is 1. The molecule has 2 nitrogen and oxygen atoms in total. The zero-order valence-corrected chi connectivity index (χ0v) is 12.9. The first-order valence-electron chi connectivity index (χ1n) is 7.52. The first-order chi connectivity index (χ1) is 9.40. The Hall–Kier alpha value is -1.09. The van der Waals surface area contributed by atoms with Crippen LogP contribution in [0.15, 0.2) is 18.2 Å². The van der Waals surface area contributed by atoms with Crippen LogP contribution in [0, 0.1) is 23.6 Å². The predicted molar refractivity (Wildman–Crippen MR) is 80.2 cm³/mol. The summed E-state index contributed by atoms with van der Waals surface area (Å²) in [6.45, 7) is 6.57. The van der Waals surface area contributed by atoms with E-state index in [1.807, 2.05) is 12.1 Å². The molecule has 0 aliphatic heterocycles. The van der Waals surface area contributed by atoms with Crippen molar-refractivity contribution in [1.29, 1.82) is 0 Å². The molecule has 1 aromatic rings. The van der Waals surface area contributed by atoms with E-state index in [0.717, 1.165) is 12.8 Å². The molecule has 1 fully saturated rings. The van der Waals surface area contributed by atoms with Gasteiger partial charge in [0.25, 0.3) is 0 Å². The molecule has 20 heavy (non-hydrogen) atoms. The fourth-order valence-corrected chi connectivity index (χ4v) is 3.82. The Kier molecular flexibility index (Phi) is 4.38. The second kappa shape index (κ2) is 5.72. The summed E-state index contributed by atoms with van der Waals surface area (Å²) in [7, 11) is 1.49. The van der Waals surface area contributed by atoms with Crippen molar-refractivity contribution >= 4 is 0 Å². The molecule has 3 heteroatoms. The fraction of sp³-hybridized carbons (Fsp3) is 0.647. The number of benzene rings is 1. The topological polar surface area (TPSA) is 35.2 Å². The molecule has 0 aromatic heterocycles. The highest BCUT2D eigenvalue weighted by Gasteiger charge is 2.44. The van der Waals surface area contributed by atoms with Crippen molar-refractivity contribution in [2.24, 2.45) is 23.5 Å². The zero-order valence-electron chi connectivity index (χ0n) is 12.9. The van der Waals surface area contributed by atoms with Crippen molar-refractivity contribution in [2.75, 3.05) is 7.11 Å². The number of ether oxygens (including phenoxy) is 1. The monoisotopic (exact) mass is 279 g/mol. The predicted octanol–water partition coefficient (Wildman–Crippen LogP) is 4.08. The number of hydrogen-bond donors (Lipinski definition) is 1. The third kappa shape index (κ3) is 2.56. The molecule has 3 unspecified atom stereocenters. The second-order valence-corrected chi connectivity index (χ2v) is 6.60. The lowest BCUT2D eigenvalue weighted by molar-refractivity contribution is 0.104. The van der Waals surface area contributed by atoms with Crippen LogP contribution in [0.3, 0.4) is 0 Å². The number of hydrogen-bond acceptors (Lipinski definition) is 2. The van der Waals surface area contributed by atoms with Crippen LogP contribution >= 0.6 is 0 Å². The second-order valence-electron chi connectivity index (χ2n) is 6.60. The van der Waals surface area contributed by atoms with E-state index in [9.17, 15) is 4.39 Å². The highest BCUT2D eigenvalue weighted by molar-refractivity contribution is 5.36. The van der Waals surface area contributed by atoms with E-state index < -0.39 is 5.54 Å². The Labute approximate surface area is 121 Å². The van der Waals surface area contributed by atoms with Crippen molar-refractivity contribution in [1.82, 2.24) is 0 Å². The minimum absolute atomic E-state index is 0.285. The Morgan fingerprint density at radius 1 is 1.35 bits per heavy atom. The fourth-order valence-electron chi connectivity index (χ4n) is 3.82. The van der Waals surface area contributed by atoms with Gasteiger partial charge in [0.15, 0.2) is 11.6 Å². The molecule has 0 bridgehead atoms. The lowest BCUT2D eigenvalue weighted by Crippen LogP contribution is -2.50. The molecule has 1 aromatic carbocycles. The van der Waals surface area contributed by atoms with Crippen LogP contribution in [0.2, 0.25) is 0 Å². The van der Waals surface area contributed by atoms with E-state index in [1.165, 1.54) is 13.5 Å². The summed E-state index contributed by atoms with van der Waals surface area (Å²) in [5.74, 6) is 1.27. The molecule has 0 spiro atoms. The summed E-state index contributed by atoms with van der Waals surface area (Å²) in [4.78, 5) is 0. The zero-order chi connectivity index (χ0) is 14.9. The number of nitrogens with two attached hydrogens (primary N) is 1. The molecule has 0 amide bonds. The Balaban J connectivity index is 2.50. The molecule has 1 aliphatic rings. The van der Waals surface area contributed by atoms with Gasteiger partial charge in [0.2, 0.25) is 0 Å².